The third kappa shape index (κ3) is 3.89. The molecule has 0 unspecified atom stereocenters. The lowest BCUT2D eigenvalue weighted by Gasteiger charge is -2.36. The molecule has 1 saturated heterocycles. The Kier molecular flexibility index (Phi) is 4.72. The van der Waals surface area contributed by atoms with Gasteiger partial charge < -0.3 is 20.8 Å². The van der Waals surface area contributed by atoms with Crippen LogP contribution in [0.1, 0.15) is 25.3 Å². The van der Waals surface area contributed by atoms with Crippen LogP contribution in [0.15, 0.2) is 36.8 Å². The Morgan fingerprint density at radius 2 is 1.96 bits per heavy atom. The SMILES string of the molecule is COc1ccc(Nc2ncnc3[nH]cc(CN4CCC(C)(N)CC4)c23)cc1. The number of rotatable bonds is 5. The van der Waals surface area contributed by atoms with Gasteiger partial charge in [-0.05, 0) is 49.6 Å². The maximum atomic E-state index is 6.26. The number of benzene rings is 1. The Labute approximate surface area is 158 Å². The smallest absolute Gasteiger partial charge is 0.143 e. The number of nitrogens with zero attached hydrogens (tertiary/aromatic N) is 3. The first-order valence-corrected chi connectivity index (χ1v) is 9.27. The van der Waals surface area contributed by atoms with Crippen LogP contribution in [0.2, 0.25) is 0 Å². The van der Waals surface area contributed by atoms with E-state index in [-0.39, 0.29) is 5.54 Å². The van der Waals surface area contributed by atoms with Crippen molar-refractivity contribution >= 4 is 22.5 Å². The zero-order valence-electron chi connectivity index (χ0n) is 15.8. The van der Waals surface area contributed by atoms with Crippen molar-refractivity contribution < 1.29 is 4.74 Å². The molecule has 4 rings (SSSR count). The van der Waals surface area contributed by atoms with Crippen molar-refractivity contribution in [1.29, 1.82) is 0 Å². The van der Waals surface area contributed by atoms with Gasteiger partial charge in [-0.3, -0.25) is 4.90 Å². The monoisotopic (exact) mass is 366 g/mol. The zero-order valence-corrected chi connectivity index (χ0v) is 15.8. The molecule has 3 heterocycles. The molecule has 142 valence electrons. The summed E-state index contributed by atoms with van der Waals surface area (Å²) in [6.45, 7) is 5.02. The van der Waals surface area contributed by atoms with Crippen LogP contribution in [0.3, 0.4) is 0 Å². The number of aromatic amines is 1. The average molecular weight is 366 g/mol. The molecule has 1 aliphatic heterocycles. The van der Waals surface area contributed by atoms with Crippen molar-refractivity contribution in [2.24, 2.45) is 5.73 Å². The Morgan fingerprint density at radius 3 is 2.67 bits per heavy atom. The Bertz CT molecular complexity index is 908. The molecule has 4 N–H and O–H groups in total. The predicted molar refractivity (Wildman–Crippen MR) is 107 cm³/mol. The van der Waals surface area contributed by atoms with Gasteiger partial charge in [0, 0.05) is 37.1 Å². The first-order valence-electron chi connectivity index (χ1n) is 9.27. The average Bonchev–Trinajstić information content (AvgIpc) is 3.08. The number of anilines is 2. The van der Waals surface area contributed by atoms with Gasteiger partial charge in [0.05, 0.1) is 12.5 Å². The second-order valence-corrected chi connectivity index (χ2v) is 7.54. The number of H-pyrrole nitrogens is 1. The van der Waals surface area contributed by atoms with Crippen LogP contribution in [0.5, 0.6) is 5.75 Å². The molecule has 2 aromatic heterocycles. The molecule has 0 aliphatic carbocycles. The Balaban J connectivity index is 1.57. The first kappa shape index (κ1) is 17.8. The fourth-order valence-electron chi connectivity index (χ4n) is 3.52. The summed E-state index contributed by atoms with van der Waals surface area (Å²) in [5.41, 5.74) is 9.22. The summed E-state index contributed by atoms with van der Waals surface area (Å²) >= 11 is 0. The minimum Gasteiger partial charge on any atom is -0.497 e. The van der Waals surface area contributed by atoms with Crippen LogP contribution in [0.25, 0.3) is 11.0 Å². The standard InChI is InChI=1S/C20H26N6O/c1-20(21)7-9-26(10-8-20)12-14-11-22-18-17(14)19(24-13-23-18)25-15-3-5-16(27-2)6-4-15/h3-6,11,13H,7-10,12,21H2,1-2H3,(H2,22,23,24,25). The maximum absolute atomic E-state index is 6.26. The van der Waals surface area contributed by atoms with Gasteiger partial charge in [-0.2, -0.15) is 0 Å². The Morgan fingerprint density at radius 1 is 1.22 bits per heavy atom. The van der Waals surface area contributed by atoms with Gasteiger partial charge in [0.1, 0.15) is 23.5 Å². The molecule has 0 atom stereocenters. The van der Waals surface area contributed by atoms with Crippen molar-refractivity contribution in [2.45, 2.75) is 31.8 Å². The number of nitrogens with one attached hydrogen (secondary N) is 2. The fraction of sp³-hybridized carbons (Fsp3) is 0.400. The van der Waals surface area contributed by atoms with E-state index in [4.69, 9.17) is 10.5 Å². The number of hydrogen-bond donors (Lipinski definition) is 3. The molecule has 27 heavy (non-hydrogen) atoms. The van der Waals surface area contributed by atoms with E-state index in [1.54, 1.807) is 13.4 Å². The van der Waals surface area contributed by atoms with Gasteiger partial charge in [0.25, 0.3) is 0 Å². The van der Waals surface area contributed by atoms with Crippen molar-refractivity contribution in [3.63, 3.8) is 0 Å². The van der Waals surface area contributed by atoms with Crippen LogP contribution in [-0.2, 0) is 6.54 Å². The summed E-state index contributed by atoms with van der Waals surface area (Å²) in [7, 11) is 1.66. The minimum absolute atomic E-state index is 0.0408. The number of aromatic nitrogens is 3. The highest BCUT2D eigenvalue weighted by Gasteiger charge is 2.26. The molecule has 0 spiro atoms. The zero-order chi connectivity index (χ0) is 18.9. The maximum Gasteiger partial charge on any atom is 0.143 e. The van der Waals surface area contributed by atoms with Crippen LogP contribution in [0.4, 0.5) is 11.5 Å². The summed E-state index contributed by atoms with van der Waals surface area (Å²) in [5, 5.41) is 4.45. The normalized spacial score (nSPS) is 17.1. The summed E-state index contributed by atoms with van der Waals surface area (Å²) in [6, 6.07) is 7.81. The fourth-order valence-corrected chi connectivity index (χ4v) is 3.52. The highest BCUT2D eigenvalue weighted by atomic mass is 16.5. The number of methoxy groups -OCH3 is 1. The lowest BCUT2D eigenvalue weighted by atomic mass is 9.91. The molecule has 1 aromatic carbocycles. The number of hydrogen-bond acceptors (Lipinski definition) is 6. The summed E-state index contributed by atoms with van der Waals surface area (Å²) < 4.78 is 5.22. The van der Waals surface area contributed by atoms with E-state index >= 15 is 0 Å². The lowest BCUT2D eigenvalue weighted by Crippen LogP contribution is -2.47. The van der Waals surface area contributed by atoms with Crippen LogP contribution in [-0.4, -0.2) is 45.6 Å². The van der Waals surface area contributed by atoms with E-state index in [2.05, 4.69) is 32.1 Å². The number of ether oxygens (including phenoxy) is 1. The minimum atomic E-state index is -0.0408. The summed E-state index contributed by atoms with van der Waals surface area (Å²) in [6.07, 6.45) is 5.65. The van der Waals surface area contributed by atoms with Gasteiger partial charge in [0.2, 0.25) is 0 Å². The third-order valence-corrected chi connectivity index (χ3v) is 5.30. The molecule has 1 fully saturated rings. The van der Waals surface area contributed by atoms with E-state index in [1.165, 1.54) is 5.56 Å². The highest BCUT2D eigenvalue weighted by molar-refractivity contribution is 5.92. The highest BCUT2D eigenvalue weighted by Crippen LogP contribution is 2.29. The van der Waals surface area contributed by atoms with E-state index < -0.39 is 0 Å². The molecule has 0 amide bonds. The first-order chi connectivity index (χ1) is 13.0. The van der Waals surface area contributed by atoms with Crippen molar-refractivity contribution in [3.05, 3.63) is 42.4 Å². The van der Waals surface area contributed by atoms with Gasteiger partial charge in [-0.1, -0.05) is 0 Å². The third-order valence-electron chi connectivity index (χ3n) is 5.30. The summed E-state index contributed by atoms with van der Waals surface area (Å²) in [4.78, 5) is 14.6. The van der Waals surface area contributed by atoms with Crippen molar-refractivity contribution in [1.82, 2.24) is 19.9 Å². The number of piperidine rings is 1. The number of likely N-dealkylation sites (tertiary alicyclic amines) is 1. The van der Waals surface area contributed by atoms with Gasteiger partial charge in [0.15, 0.2) is 0 Å². The van der Waals surface area contributed by atoms with Crippen LogP contribution < -0.4 is 15.8 Å². The predicted octanol–water partition coefficient (Wildman–Crippen LogP) is 3.02. The molecular weight excluding hydrogens is 340 g/mol. The van der Waals surface area contributed by atoms with Crippen LogP contribution in [0, 0.1) is 0 Å². The molecule has 3 aromatic rings. The number of nitrogens with two attached hydrogens (primary N) is 1. The molecule has 0 bridgehead atoms. The Hall–Kier alpha value is -2.64. The molecule has 0 saturated carbocycles. The van der Waals surface area contributed by atoms with Gasteiger partial charge in [-0.25, -0.2) is 9.97 Å². The molecule has 0 radical (unpaired) electrons. The van der Waals surface area contributed by atoms with Crippen LogP contribution >= 0.6 is 0 Å². The van der Waals surface area contributed by atoms with E-state index in [1.807, 2.05) is 30.5 Å². The molecule has 7 nitrogen and oxygen atoms in total. The molecule has 7 heteroatoms. The lowest BCUT2D eigenvalue weighted by molar-refractivity contribution is 0.165. The van der Waals surface area contributed by atoms with Gasteiger partial charge in [-0.15, -0.1) is 0 Å². The van der Waals surface area contributed by atoms with Crippen molar-refractivity contribution in [3.8, 4) is 5.75 Å². The summed E-state index contributed by atoms with van der Waals surface area (Å²) in [5.74, 6) is 1.63. The largest absolute Gasteiger partial charge is 0.497 e. The van der Waals surface area contributed by atoms with E-state index in [0.29, 0.717) is 0 Å². The number of fused-ring (bicyclic) bond motifs is 1. The van der Waals surface area contributed by atoms with Gasteiger partial charge >= 0.3 is 0 Å². The van der Waals surface area contributed by atoms with E-state index in [9.17, 15) is 0 Å². The molecule has 1 aliphatic rings. The second kappa shape index (κ2) is 7.17. The van der Waals surface area contributed by atoms with E-state index in [0.717, 1.165) is 60.8 Å². The quantitative estimate of drug-likeness (QED) is 0.643. The van der Waals surface area contributed by atoms with Crippen molar-refractivity contribution in [2.75, 3.05) is 25.5 Å². The second-order valence-electron chi connectivity index (χ2n) is 7.54. The molecular formula is C20H26N6O. The topological polar surface area (TPSA) is 92.1 Å².